The van der Waals surface area contributed by atoms with Gasteiger partial charge >= 0.3 is 0 Å². The quantitative estimate of drug-likeness (QED) is 0.775. The highest BCUT2D eigenvalue weighted by atomic mass is 16.3. The van der Waals surface area contributed by atoms with Crippen LogP contribution in [0.4, 0.5) is 0 Å². The molecular formula is C10H12N4O. The third-order valence-corrected chi connectivity index (χ3v) is 2.06. The zero-order chi connectivity index (χ0) is 10.7. The van der Waals surface area contributed by atoms with Crippen molar-refractivity contribution in [1.82, 2.24) is 20.6 Å². The summed E-state index contributed by atoms with van der Waals surface area (Å²) in [6.07, 6.45) is 0.289. The Labute approximate surface area is 87.2 Å². The monoisotopic (exact) mass is 204 g/mol. The van der Waals surface area contributed by atoms with Crippen LogP contribution in [0.15, 0.2) is 24.3 Å². The second kappa shape index (κ2) is 4.18. The lowest BCUT2D eigenvalue weighted by atomic mass is 10.1. The van der Waals surface area contributed by atoms with Crippen molar-refractivity contribution in [2.75, 3.05) is 0 Å². The maximum atomic E-state index is 9.28. The van der Waals surface area contributed by atoms with Crippen molar-refractivity contribution in [1.29, 1.82) is 0 Å². The molecule has 0 saturated carbocycles. The van der Waals surface area contributed by atoms with Gasteiger partial charge in [0.2, 0.25) is 5.82 Å². The van der Waals surface area contributed by atoms with E-state index in [0.29, 0.717) is 12.2 Å². The molecule has 0 aliphatic rings. The maximum absolute atomic E-state index is 9.28. The van der Waals surface area contributed by atoms with Gasteiger partial charge in [0.1, 0.15) is 0 Å². The molecule has 2 aromatic rings. The summed E-state index contributed by atoms with van der Waals surface area (Å²) in [5.74, 6) is 0.572. The Morgan fingerprint density at radius 3 is 3.00 bits per heavy atom. The van der Waals surface area contributed by atoms with Crippen LogP contribution in [0.25, 0.3) is 11.4 Å². The molecule has 2 N–H and O–H groups in total. The van der Waals surface area contributed by atoms with E-state index in [4.69, 9.17) is 0 Å². The topological polar surface area (TPSA) is 74.7 Å². The molecule has 0 aliphatic heterocycles. The molecule has 0 unspecified atom stereocenters. The minimum atomic E-state index is -0.342. The Balaban J connectivity index is 2.27. The van der Waals surface area contributed by atoms with Gasteiger partial charge in [-0.05, 0) is 30.2 Å². The van der Waals surface area contributed by atoms with E-state index in [1.165, 1.54) is 0 Å². The van der Waals surface area contributed by atoms with Gasteiger partial charge in [0.15, 0.2) is 0 Å². The van der Waals surface area contributed by atoms with E-state index in [0.717, 1.165) is 11.1 Å². The second-order valence-electron chi connectivity index (χ2n) is 3.49. The third-order valence-electron chi connectivity index (χ3n) is 2.06. The van der Waals surface area contributed by atoms with Crippen molar-refractivity contribution >= 4 is 0 Å². The molecule has 0 spiro atoms. The van der Waals surface area contributed by atoms with Crippen molar-refractivity contribution in [3.8, 4) is 11.4 Å². The SMILES string of the molecule is C[C@H](O)Cc1cccc(-c2nn[nH]n2)c1. The van der Waals surface area contributed by atoms with E-state index in [2.05, 4.69) is 20.6 Å². The molecule has 0 bridgehead atoms. The van der Waals surface area contributed by atoms with Crippen LogP contribution in [0, 0.1) is 0 Å². The van der Waals surface area contributed by atoms with Crippen molar-refractivity contribution in [3.63, 3.8) is 0 Å². The first-order valence-corrected chi connectivity index (χ1v) is 4.76. The molecule has 0 aliphatic carbocycles. The van der Waals surface area contributed by atoms with Crippen LogP contribution in [-0.2, 0) is 6.42 Å². The molecule has 1 atom stereocenters. The van der Waals surface area contributed by atoms with E-state index >= 15 is 0 Å². The van der Waals surface area contributed by atoms with Gasteiger partial charge in [-0.1, -0.05) is 18.2 Å². The predicted molar refractivity (Wildman–Crippen MR) is 55.0 cm³/mol. The molecule has 1 aromatic heterocycles. The van der Waals surface area contributed by atoms with Gasteiger partial charge in [0.05, 0.1) is 6.10 Å². The van der Waals surface area contributed by atoms with Gasteiger partial charge in [0, 0.05) is 5.56 Å². The number of rotatable bonds is 3. The number of benzene rings is 1. The normalized spacial score (nSPS) is 12.7. The lowest BCUT2D eigenvalue weighted by Gasteiger charge is -2.04. The second-order valence-corrected chi connectivity index (χ2v) is 3.49. The summed E-state index contributed by atoms with van der Waals surface area (Å²) in [4.78, 5) is 0. The van der Waals surface area contributed by atoms with Crippen LogP contribution in [0.5, 0.6) is 0 Å². The third kappa shape index (κ3) is 2.38. The Morgan fingerprint density at radius 2 is 2.33 bits per heavy atom. The lowest BCUT2D eigenvalue weighted by molar-refractivity contribution is 0.195. The lowest BCUT2D eigenvalue weighted by Crippen LogP contribution is -2.03. The number of hydrogen-bond donors (Lipinski definition) is 2. The molecule has 1 heterocycles. The smallest absolute Gasteiger partial charge is 0.204 e. The van der Waals surface area contributed by atoms with Gasteiger partial charge in [-0.25, -0.2) is 0 Å². The van der Waals surface area contributed by atoms with E-state index < -0.39 is 0 Å². The summed E-state index contributed by atoms with van der Waals surface area (Å²) in [5.41, 5.74) is 1.97. The summed E-state index contributed by atoms with van der Waals surface area (Å²) in [6, 6.07) is 7.76. The number of aromatic nitrogens is 4. The molecule has 5 heteroatoms. The van der Waals surface area contributed by atoms with Crippen LogP contribution in [0.1, 0.15) is 12.5 Å². The molecule has 0 radical (unpaired) electrons. The minimum Gasteiger partial charge on any atom is -0.393 e. The molecule has 0 saturated heterocycles. The fraction of sp³-hybridized carbons (Fsp3) is 0.300. The van der Waals surface area contributed by atoms with Crippen LogP contribution in [-0.4, -0.2) is 31.8 Å². The molecule has 1 aromatic carbocycles. The molecule has 0 fully saturated rings. The first-order valence-electron chi connectivity index (χ1n) is 4.76. The summed E-state index contributed by atoms with van der Waals surface area (Å²) >= 11 is 0. The van der Waals surface area contributed by atoms with Crippen molar-refractivity contribution in [3.05, 3.63) is 29.8 Å². The zero-order valence-corrected chi connectivity index (χ0v) is 8.38. The van der Waals surface area contributed by atoms with Gasteiger partial charge in [-0.2, -0.15) is 5.21 Å². The Morgan fingerprint density at radius 1 is 1.47 bits per heavy atom. The minimum absolute atomic E-state index is 0.342. The van der Waals surface area contributed by atoms with Crippen molar-refractivity contribution < 1.29 is 5.11 Å². The average Bonchev–Trinajstić information content (AvgIpc) is 2.69. The largest absolute Gasteiger partial charge is 0.393 e. The van der Waals surface area contributed by atoms with E-state index in [1.54, 1.807) is 6.92 Å². The van der Waals surface area contributed by atoms with Crippen molar-refractivity contribution in [2.45, 2.75) is 19.4 Å². The van der Waals surface area contributed by atoms with Crippen LogP contribution < -0.4 is 0 Å². The standard InChI is InChI=1S/C10H12N4O/c1-7(15)5-8-3-2-4-9(6-8)10-11-13-14-12-10/h2-4,6-7,15H,5H2,1H3,(H,11,12,13,14)/t7-/m0/s1. The Bertz CT molecular complexity index is 425. The average molecular weight is 204 g/mol. The summed E-state index contributed by atoms with van der Waals surface area (Å²) < 4.78 is 0. The number of nitrogens with zero attached hydrogens (tertiary/aromatic N) is 3. The maximum Gasteiger partial charge on any atom is 0.204 e. The Hall–Kier alpha value is -1.75. The first kappa shape index (κ1) is 9.79. The molecule has 78 valence electrons. The number of nitrogens with one attached hydrogen (secondary N) is 1. The van der Waals surface area contributed by atoms with Crippen LogP contribution in [0.3, 0.4) is 0 Å². The van der Waals surface area contributed by atoms with E-state index in [1.807, 2.05) is 24.3 Å². The van der Waals surface area contributed by atoms with Gasteiger partial charge in [0.25, 0.3) is 0 Å². The highest BCUT2D eigenvalue weighted by Gasteiger charge is 2.04. The van der Waals surface area contributed by atoms with Crippen LogP contribution in [0.2, 0.25) is 0 Å². The van der Waals surface area contributed by atoms with Crippen molar-refractivity contribution in [2.24, 2.45) is 0 Å². The number of tetrazole rings is 1. The molecule has 5 nitrogen and oxygen atoms in total. The van der Waals surface area contributed by atoms with Gasteiger partial charge in [-0.15, -0.1) is 10.2 Å². The predicted octanol–water partition coefficient (Wildman–Crippen LogP) is 0.790. The van der Waals surface area contributed by atoms with Gasteiger partial charge < -0.3 is 5.11 Å². The zero-order valence-electron chi connectivity index (χ0n) is 8.38. The summed E-state index contributed by atoms with van der Waals surface area (Å²) in [5, 5.41) is 23.0. The number of hydrogen-bond acceptors (Lipinski definition) is 4. The number of aliphatic hydroxyl groups is 1. The highest BCUT2D eigenvalue weighted by Crippen LogP contribution is 2.15. The van der Waals surface area contributed by atoms with Crippen LogP contribution >= 0.6 is 0 Å². The summed E-state index contributed by atoms with van der Waals surface area (Å²) in [7, 11) is 0. The highest BCUT2D eigenvalue weighted by molar-refractivity contribution is 5.54. The molecular weight excluding hydrogens is 192 g/mol. The Kier molecular flexibility index (Phi) is 2.73. The summed E-state index contributed by atoms with van der Waals surface area (Å²) in [6.45, 7) is 1.76. The fourth-order valence-corrected chi connectivity index (χ4v) is 1.46. The number of aliphatic hydroxyl groups excluding tert-OH is 1. The first-order chi connectivity index (χ1) is 7.25. The molecule has 15 heavy (non-hydrogen) atoms. The van der Waals surface area contributed by atoms with E-state index in [-0.39, 0.29) is 6.10 Å². The van der Waals surface area contributed by atoms with E-state index in [9.17, 15) is 5.11 Å². The molecule has 2 rings (SSSR count). The number of H-pyrrole nitrogens is 1. The fourth-order valence-electron chi connectivity index (χ4n) is 1.46. The molecule has 0 amide bonds. The number of aromatic amines is 1. The van der Waals surface area contributed by atoms with Gasteiger partial charge in [-0.3, -0.25) is 0 Å².